The maximum atomic E-state index is 13.6. The lowest BCUT2D eigenvalue weighted by Crippen LogP contribution is -2.41. The number of carbonyl (C=O) groups excluding carboxylic acids is 1. The number of carbonyl (C=O) groups is 1. The monoisotopic (exact) mass is 462 g/mol. The number of rotatable bonds is 5. The predicted octanol–water partition coefficient (Wildman–Crippen LogP) is 5.02. The van der Waals surface area contributed by atoms with E-state index in [4.69, 9.17) is 9.47 Å². The second-order valence-electron chi connectivity index (χ2n) is 7.99. The van der Waals surface area contributed by atoms with E-state index in [-0.39, 0.29) is 18.5 Å². The minimum atomic E-state index is -4.53. The van der Waals surface area contributed by atoms with Crippen molar-refractivity contribution >= 4 is 22.8 Å². The number of likely N-dealkylation sites (tertiary alicyclic amines) is 1. The average Bonchev–Trinajstić information content (AvgIpc) is 3.18. The molecule has 7 nitrogen and oxygen atoms in total. The van der Waals surface area contributed by atoms with Gasteiger partial charge in [-0.3, -0.25) is 0 Å². The first-order chi connectivity index (χ1) is 15.8. The minimum Gasteiger partial charge on any atom is -0.497 e. The summed E-state index contributed by atoms with van der Waals surface area (Å²) in [5, 5.41) is 2.84. The Morgan fingerprint density at radius 3 is 2.33 bits per heavy atom. The van der Waals surface area contributed by atoms with Crippen LogP contribution in [-0.2, 0) is 12.7 Å². The van der Waals surface area contributed by atoms with E-state index in [2.05, 4.69) is 10.3 Å². The molecule has 0 aliphatic carbocycles. The molecule has 0 spiro atoms. The van der Waals surface area contributed by atoms with E-state index in [1.165, 1.54) is 18.8 Å². The van der Waals surface area contributed by atoms with Crippen LogP contribution in [0.4, 0.5) is 23.7 Å². The number of ether oxygens (including phenoxy) is 2. The van der Waals surface area contributed by atoms with Crippen molar-refractivity contribution in [3.05, 3.63) is 48.3 Å². The van der Waals surface area contributed by atoms with E-state index in [9.17, 15) is 18.0 Å². The topological polar surface area (TPSA) is 68.6 Å². The van der Waals surface area contributed by atoms with Gasteiger partial charge in [-0.1, -0.05) is 12.1 Å². The lowest BCUT2D eigenvalue weighted by Gasteiger charge is -2.32. The standard InChI is InChI=1S/C23H25F3N4O3/c1-32-17-11-16(12-18(13-17)33-2)27-22(31)29-9-7-15(8-10-29)14-30-20-6-4-3-5-19(20)28-21(30)23(24,25)26/h3-6,11-13,15H,7-10,14H2,1-2H3,(H,27,31). The van der Waals surface area contributed by atoms with Gasteiger partial charge in [-0.2, -0.15) is 13.2 Å². The molecule has 4 rings (SSSR count). The first-order valence-corrected chi connectivity index (χ1v) is 10.6. The largest absolute Gasteiger partial charge is 0.497 e. The molecule has 0 saturated carbocycles. The average molecular weight is 462 g/mol. The van der Waals surface area contributed by atoms with Crippen molar-refractivity contribution in [2.75, 3.05) is 32.6 Å². The zero-order chi connectivity index (χ0) is 23.6. The molecule has 3 aromatic rings. The summed E-state index contributed by atoms with van der Waals surface area (Å²) in [5.74, 6) is 0.230. The number of amides is 2. The van der Waals surface area contributed by atoms with Crippen LogP contribution in [0.15, 0.2) is 42.5 Å². The van der Waals surface area contributed by atoms with Gasteiger partial charge in [-0.15, -0.1) is 0 Å². The number of para-hydroxylation sites is 2. The summed E-state index contributed by atoms with van der Waals surface area (Å²) in [7, 11) is 3.05. The van der Waals surface area contributed by atoms with Gasteiger partial charge in [0, 0.05) is 43.5 Å². The molecule has 1 aromatic heterocycles. The van der Waals surface area contributed by atoms with E-state index < -0.39 is 12.0 Å². The normalized spacial score (nSPS) is 15.0. The molecule has 0 radical (unpaired) electrons. The summed E-state index contributed by atoms with van der Waals surface area (Å²) < 4.78 is 52.4. The number of benzene rings is 2. The van der Waals surface area contributed by atoms with Gasteiger partial charge in [-0.25, -0.2) is 9.78 Å². The number of fused-ring (bicyclic) bond motifs is 1. The molecule has 0 bridgehead atoms. The predicted molar refractivity (Wildman–Crippen MR) is 118 cm³/mol. The Kier molecular flexibility index (Phi) is 6.35. The molecule has 1 saturated heterocycles. The molecule has 1 N–H and O–H groups in total. The van der Waals surface area contributed by atoms with Crippen LogP contribution >= 0.6 is 0 Å². The highest BCUT2D eigenvalue weighted by Gasteiger charge is 2.38. The van der Waals surface area contributed by atoms with Crippen molar-refractivity contribution in [1.29, 1.82) is 0 Å². The number of hydrogen-bond donors (Lipinski definition) is 1. The fraction of sp³-hybridized carbons (Fsp3) is 0.391. The Hall–Kier alpha value is -3.43. The van der Waals surface area contributed by atoms with Crippen LogP contribution in [-0.4, -0.2) is 47.8 Å². The van der Waals surface area contributed by atoms with Crippen LogP contribution in [0.5, 0.6) is 11.5 Å². The lowest BCUT2D eigenvalue weighted by molar-refractivity contribution is -0.147. The van der Waals surface area contributed by atoms with Crippen LogP contribution in [0.3, 0.4) is 0 Å². The minimum absolute atomic E-state index is 0.00432. The SMILES string of the molecule is COc1cc(NC(=O)N2CCC(Cn3c(C(F)(F)F)nc4ccccc43)CC2)cc(OC)c1. The van der Waals surface area contributed by atoms with Gasteiger partial charge >= 0.3 is 12.2 Å². The molecule has 10 heteroatoms. The van der Waals surface area contributed by atoms with Gasteiger partial charge in [0.25, 0.3) is 0 Å². The number of imidazole rings is 1. The fourth-order valence-corrected chi connectivity index (χ4v) is 4.14. The van der Waals surface area contributed by atoms with Crippen molar-refractivity contribution in [2.24, 2.45) is 5.92 Å². The molecule has 33 heavy (non-hydrogen) atoms. The highest BCUT2D eigenvalue weighted by molar-refractivity contribution is 5.90. The van der Waals surface area contributed by atoms with Crippen molar-refractivity contribution < 1.29 is 27.4 Å². The molecule has 176 valence electrons. The van der Waals surface area contributed by atoms with Crippen molar-refractivity contribution in [3.8, 4) is 11.5 Å². The van der Waals surface area contributed by atoms with Gasteiger partial charge in [0.15, 0.2) is 0 Å². The number of piperidine rings is 1. The Bertz CT molecular complexity index is 1120. The van der Waals surface area contributed by atoms with E-state index in [1.54, 1.807) is 47.4 Å². The third-order valence-corrected chi connectivity index (χ3v) is 5.85. The molecule has 2 heterocycles. The van der Waals surface area contributed by atoms with E-state index in [1.807, 2.05) is 0 Å². The van der Waals surface area contributed by atoms with Gasteiger partial charge in [0.05, 0.1) is 25.3 Å². The first kappa shape index (κ1) is 22.8. The molecule has 1 fully saturated rings. The maximum absolute atomic E-state index is 13.6. The number of alkyl halides is 3. The van der Waals surface area contributed by atoms with Crippen LogP contribution in [0.2, 0.25) is 0 Å². The van der Waals surface area contributed by atoms with Crippen LogP contribution in [0.25, 0.3) is 11.0 Å². The zero-order valence-corrected chi connectivity index (χ0v) is 18.4. The Balaban J connectivity index is 1.41. The van der Waals surface area contributed by atoms with Crippen molar-refractivity contribution in [1.82, 2.24) is 14.5 Å². The summed E-state index contributed by atoms with van der Waals surface area (Å²) in [6, 6.07) is 11.4. The molecule has 2 amide bonds. The number of hydrogen-bond acceptors (Lipinski definition) is 4. The summed E-state index contributed by atoms with van der Waals surface area (Å²) in [5.41, 5.74) is 1.34. The Labute approximate surface area is 189 Å². The first-order valence-electron chi connectivity index (χ1n) is 10.6. The second kappa shape index (κ2) is 9.21. The summed E-state index contributed by atoms with van der Waals surface area (Å²) in [6.45, 7) is 1.11. The van der Waals surface area contributed by atoms with Gasteiger partial charge in [0.1, 0.15) is 11.5 Å². The van der Waals surface area contributed by atoms with Crippen molar-refractivity contribution in [3.63, 3.8) is 0 Å². The van der Waals surface area contributed by atoms with E-state index in [0.717, 1.165) is 0 Å². The van der Waals surface area contributed by atoms with Crippen LogP contribution in [0.1, 0.15) is 18.7 Å². The number of urea groups is 1. The quantitative estimate of drug-likeness (QED) is 0.578. The van der Waals surface area contributed by atoms with Gasteiger partial charge < -0.3 is 24.3 Å². The lowest BCUT2D eigenvalue weighted by atomic mass is 9.96. The van der Waals surface area contributed by atoms with Crippen molar-refractivity contribution in [2.45, 2.75) is 25.6 Å². The zero-order valence-electron chi connectivity index (χ0n) is 18.4. The number of nitrogens with one attached hydrogen (secondary N) is 1. The Morgan fingerprint density at radius 2 is 1.73 bits per heavy atom. The number of methoxy groups -OCH3 is 2. The van der Waals surface area contributed by atoms with Crippen LogP contribution in [0, 0.1) is 5.92 Å². The third-order valence-electron chi connectivity index (χ3n) is 5.85. The molecular formula is C23H25F3N4O3. The second-order valence-corrected chi connectivity index (χ2v) is 7.99. The summed E-state index contributed by atoms with van der Waals surface area (Å²) in [6.07, 6.45) is -3.34. The molecule has 2 aromatic carbocycles. The number of anilines is 1. The molecule has 1 aliphatic heterocycles. The van der Waals surface area contributed by atoms with E-state index >= 15 is 0 Å². The number of aromatic nitrogens is 2. The van der Waals surface area contributed by atoms with Gasteiger partial charge in [-0.05, 0) is 30.9 Å². The van der Waals surface area contributed by atoms with Crippen LogP contribution < -0.4 is 14.8 Å². The molecule has 0 atom stereocenters. The molecule has 1 aliphatic rings. The smallest absolute Gasteiger partial charge is 0.449 e. The molecule has 0 unspecified atom stereocenters. The third kappa shape index (κ3) is 4.99. The fourth-order valence-electron chi connectivity index (χ4n) is 4.14. The number of halogens is 3. The highest BCUT2D eigenvalue weighted by Crippen LogP contribution is 2.33. The summed E-state index contributed by atoms with van der Waals surface area (Å²) >= 11 is 0. The van der Waals surface area contributed by atoms with Gasteiger partial charge in [0.2, 0.25) is 5.82 Å². The summed E-state index contributed by atoms with van der Waals surface area (Å²) in [4.78, 5) is 18.2. The Morgan fingerprint density at radius 1 is 1.09 bits per heavy atom. The highest BCUT2D eigenvalue weighted by atomic mass is 19.4. The van der Waals surface area contributed by atoms with E-state index in [0.29, 0.717) is 54.2 Å². The maximum Gasteiger partial charge on any atom is 0.449 e. The molecular weight excluding hydrogens is 437 g/mol. The number of nitrogens with zero attached hydrogens (tertiary/aromatic N) is 3.